The summed E-state index contributed by atoms with van der Waals surface area (Å²) in [5.41, 5.74) is -0.621. The number of halogens is 3. The number of sulfonamides is 1. The van der Waals surface area contributed by atoms with E-state index in [1.807, 2.05) is 0 Å². The number of rotatable bonds is 4. The van der Waals surface area contributed by atoms with Gasteiger partial charge in [-0.1, -0.05) is 13.3 Å². The van der Waals surface area contributed by atoms with Crippen LogP contribution >= 0.6 is 0 Å². The van der Waals surface area contributed by atoms with Crippen LogP contribution in [-0.4, -0.2) is 26.2 Å². The van der Waals surface area contributed by atoms with Crippen LogP contribution in [-0.2, 0) is 10.0 Å². The van der Waals surface area contributed by atoms with Crippen LogP contribution in [0.3, 0.4) is 0 Å². The molecule has 0 heterocycles. The highest BCUT2D eigenvalue weighted by atomic mass is 32.2. The minimum atomic E-state index is -4.19. The van der Waals surface area contributed by atoms with Crippen LogP contribution < -0.4 is 4.72 Å². The minimum Gasteiger partial charge on any atom is -0.396 e. The molecule has 0 aromatic heterocycles. The molecule has 1 aliphatic rings. The quantitative estimate of drug-likeness (QED) is 0.832. The molecule has 8 heteroatoms. The summed E-state index contributed by atoms with van der Waals surface area (Å²) in [7, 11) is -4.19. The molecule has 0 amide bonds. The SMILES string of the molecule is CC1(CO)CCCC1NS(=O)(=O)c1cc(F)c(F)c(F)c1. The third-order valence-electron chi connectivity index (χ3n) is 4.01. The highest BCUT2D eigenvalue weighted by Crippen LogP contribution is 2.38. The Hall–Kier alpha value is -1.12. The van der Waals surface area contributed by atoms with E-state index in [0.717, 1.165) is 6.42 Å². The third kappa shape index (κ3) is 3.07. The van der Waals surface area contributed by atoms with E-state index in [1.165, 1.54) is 0 Å². The zero-order chi connectivity index (χ0) is 15.8. The smallest absolute Gasteiger partial charge is 0.241 e. The van der Waals surface area contributed by atoms with Gasteiger partial charge in [0.1, 0.15) is 0 Å². The van der Waals surface area contributed by atoms with Crippen molar-refractivity contribution in [2.24, 2.45) is 5.41 Å². The maximum Gasteiger partial charge on any atom is 0.241 e. The second-order valence-electron chi connectivity index (χ2n) is 5.58. The van der Waals surface area contributed by atoms with Gasteiger partial charge >= 0.3 is 0 Å². The van der Waals surface area contributed by atoms with Crippen molar-refractivity contribution in [3.63, 3.8) is 0 Å². The summed E-state index contributed by atoms with van der Waals surface area (Å²) < 4.78 is 65.9. The first kappa shape index (κ1) is 16.3. The number of aliphatic hydroxyl groups excluding tert-OH is 1. The molecule has 118 valence electrons. The Balaban J connectivity index is 2.31. The minimum absolute atomic E-state index is 0.202. The number of hydrogen-bond acceptors (Lipinski definition) is 3. The van der Waals surface area contributed by atoms with E-state index in [2.05, 4.69) is 4.72 Å². The van der Waals surface area contributed by atoms with E-state index in [1.54, 1.807) is 6.92 Å². The summed E-state index contributed by atoms with van der Waals surface area (Å²) in [4.78, 5) is -0.675. The predicted octanol–water partition coefficient (Wildman–Crippen LogP) is 1.93. The molecule has 0 radical (unpaired) electrons. The molecule has 1 aromatic rings. The molecule has 21 heavy (non-hydrogen) atoms. The van der Waals surface area contributed by atoms with Crippen LogP contribution in [0.4, 0.5) is 13.2 Å². The van der Waals surface area contributed by atoms with E-state index in [9.17, 15) is 26.7 Å². The Kier molecular flexibility index (Phi) is 4.32. The Morgan fingerprint density at radius 3 is 2.43 bits per heavy atom. The molecule has 1 saturated carbocycles. The topological polar surface area (TPSA) is 66.4 Å². The summed E-state index contributed by atoms with van der Waals surface area (Å²) >= 11 is 0. The highest BCUT2D eigenvalue weighted by molar-refractivity contribution is 7.89. The molecule has 0 aliphatic heterocycles. The molecule has 1 fully saturated rings. The summed E-state index contributed by atoms with van der Waals surface area (Å²) in [6, 6.07) is 0.335. The molecular formula is C13H16F3NO3S. The van der Waals surface area contributed by atoms with Crippen molar-refractivity contribution in [2.45, 2.75) is 37.1 Å². The lowest BCUT2D eigenvalue weighted by molar-refractivity contribution is 0.127. The van der Waals surface area contributed by atoms with Gasteiger partial charge in [-0.3, -0.25) is 0 Å². The second kappa shape index (κ2) is 5.58. The van der Waals surface area contributed by atoms with E-state index < -0.39 is 43.8 Å². The number of aliphatic hydroxyl groups is 1. The zero-order valence-corrected chi connectivity index (χ0v) is 12.2. The first-order chi connectivity index (χ1) is 9.69. The van der Waals surface area contributed by atoms with Crippen LogP contribution in [0.1, 0.15) is 26.2 Å². The van der Waals surface area contributed by atoms with Crippen molar-refractivity contribution in [2.75, 3.05) is 6.61 Å². The van der Waals surface area contributed by atoms with Crippen molar-refractivity contribution in [3.8, 4) is 0 Å². The molecule has 0 spiro atoms. The molecular weight excluding hydrogens is 307 g/mol. The van der Waals surface area contributed by atoms with Gasteiger partial charge in [-0.15, -0.1) is 0 Å². The number of nitrogens with one attached hydrogen (secondary N) is 1. The van der Waals surface area contributed by atoms with E-state index >= 15 is 0 Å². The summed E-state index contributed by atoms with van der Waals surface area (Å²) in [5.74, 6) is -4.84. The average molecular weight is 323 g/mol. The highest BCUT2D eigenvalue weighted by Gasteiger charge is 2.40. The van der Waals surface area contributed by atoms with Gasteiger partial charge < -0.3 is 5.11 Å². The Morgan fingerprint density at radius 1 is 1.33 bits per heavy atom. The van der Waals surface area contributed by atoms with Gasteiger partial charge in [0.2, 0.25) is 10.0 Å². The van der Waals surface area contributed by atoms with Crippen molar-refractivity contribution < 1.29 is 26.7 Å². The van der Waals surface area contributed by atoms with E-state index in [-0.39, 0.29) is 6.61 Å². The Bertz CT molecular complexity index is 627. The average Bonchev–Trinajstić information content (AvgIpc) is 2.77. The molecule has 2 N–H and O–H groups in total. The summed E-state index contributed by atoms with van der Waals surface area (Å²) in [6.45, 7) is 1.53. The molecule has 0 saturated heterocycles. The van der Waals surface area contributed by atoms with Gasteiger partial charge in [0.15, 0.2) is 17.5 Å². The summed E-state index contributed by atoms with van der Waals surface area (Å²) in [5, 5.41) is 9.38. The van der Waals surface area contributed by atoms with Crippen LogP contribution in [0, 0.1) is 22.9 Å². The fourth-order valence-electron chi connectivity index (χ4n) is 2.57. The molecule has 1 aromatic carbocycles. The van der Waals surface area contributed by atoms with E-state index in [4.69, 9.17) is 0 Å². The van der Waals surface area contributed by atoms with Crippen molar-refractivity contribution in [3.05, 3.63) is 29.6 Å². The second-order valence-corrected chi connectivity index (χ2v) is 7.29. The van der Waals surface area contributed by atoms with Crippen molar-refractivity contribution in [1.29, 1.82) is 0 Å². The normalized spacial score (nSPS) is 26.2. The number of hydrogen-bond donors (Lipinski definition) is 2. The predicted molar refractivity (Wildman–Crippen MR) is 69.5 cm³/mol. The van der Waals surface area contributed by atoms with Gasteiger partial charge in [0.05, 0.1) is 4.90 Å². The molecule has 2 atom stereocenters. The Morgan fingerprint density at radius 2 is 1.90 bits per heavy atom. The largest absolute Gasteiger partial charge is 0.396 e. The van der Waals surface area contributed by atoms with Gasteiger partial charge in [0.25, 0.3) is 0 Å². The lowest BCUT2D eigenvalue weighted by Gasteiger charge is -2.29. The van der Waals surface area contributed by atoms with Gasteiger partial charge in [-0.25, -0.2) is 26.3 Å². The molecule has 0 bridgehead atoms. The fraction of sp³-hybridized carbons (Fsp3) is 0.538. The molecule has 1 aliphatic carbocycles. The first-order valence-electron chi connectivity index (χ1n) is 6.47. The standard InChI is InChI=1S/C13H16F3NO3S/c1-13(7-18)4-2-3-11(13)17-21(19,20)8-5-9(14)12(16)10(15)6-8/h5-6,11,17-18H,2-4,7H2,1H3. The number of benzene rings is 1. The third-order valence-corrected chi connectivity index (χ3v) is 5.46. The van der Waals surface area contributed by atoms with Crippen molar-refractivity contribution >= 4 is 10.0 Å². The van der Waals surface area contributed by atoms with Gasteiger partial charge in [0, 0.05) is 18.1 Å². The zero-order valence-electron chi connectivity index (χ0n) is 11.4. The van der Waals surface area contributed by atoms with E-state index in [0.29, 0.717) is 25.0 Å². The molecule has 2 unspecified atom stereocenters. The maximum absolute atomic E-state index is 13.2. The maximum atomic E-state index is 13.2. The fourth-order valence-corrected chi connectivity index (χ4v) is 4.00. The van der Waals surface area contributed by atoms with Crippen LogP contribution in [0.2, 0.25) is 0 Å². The lowest BCUT2D eigenvalue weighted by Crippen LogP contribution is -2.44. The monoisotopic (exact) mass is 323 g/mol. The first-order valence-corrected chi connectivity index (χ1v) is 7.96. The van der Waals surface area contributed by atoms with Gasteiger partial charge in [-0.05, 0) is 25.0 Å². The van der Waals surface area contributed by atoms with Crippen LogP contribution in [0.25, 0.3) is 0 Å². The summed E-state index contributed by atoms with van der Waals surface area (Å²) in [6.07, 6.45) is 1.89. The van der Waals surface area contributed by atoms with Crippen molar-refractivity contribution in [1.82, 2.24) is 4.72 Å². The van der Waals surface area contributed by atoms with Crippen LogP contribution in [0.15, 0.2) is 17.0 Å². The Labute approximate surface area is 121 Å². The lowest BCUT2D eigenvalue weighted by atomic mass is 9.86. The molecule has 2 rings (SSSR count). The molecule has 4 nitrogen and oxygen atoms in total. The van der Waals surface area contributed by atoms with Gasteiger partial charge in [-0.2, -0.15) is 0 Å². The van der Waals surface area contributed by atoms with Crippen LogP contribution in [0.5, 0.6) is 0 Å².